The predicted molar refractivity (Wildman–Crippen MR) is 60.0 cm³/mol. The quantitative estimate of drug-likeness (QED) is 0.525. The molecule has 0 radical (unpaired) electrons. The van der Waals surface area contributed by atoms with Gasteiger partial charge in [-0.15, -0.1) is 0 Å². The first-order valence-corrected chi connectivity index (χ1v) is 4.00. The second-order valence-electron chi connectivity index (χ2n) is 2.31. The predicted octanol–water partition coefficient (Wildman–Crippen LogP) is 2.72. The van der Waals surface area contributed by atoms with Gasteiger partial charge in [-0.1, -0.05) is 72.8 Å². The van der Waals surface area contributed by atoms with E-state index in [-0.39, 0.29) is 18.9 Å². The Morgan fingerprint density at radius 3 is 0.385 bits per heavy atom. The van der Waals surface area contributed by atoms with Crippen molar-refractivity contribution in [2.45, 2.75) is 0 Å². The molecule has 2 aromatic carbocycles. The summed E-state index contributed by atoms with van der Waals surface area (Å²) in [6.07, 6.45) is 0. The maximum Gasteiger partial charge on any atom is -0.0623 e. The van der Waals surface area contributed by atoms with Gasteiger partial charge in [-0.05, 0) is 0 Å². The van der Waals surface area contributed by atoms with Crippen LogP contribution in [0.5, 0.6) is 0 Å². The molecule has 0 unspecified atom stereocenters. The number of rotatable bonds is 0. The van der Waals surface area contributed by atoms with E-state index in [0.717, 1.165) is 0 Å². The molecule has 0 heterocycles. The van der Waals surface area contributed by atoms with Crippen molar-refractivity contribution in [3.8, 4) is 0 Å². The van der Waals surface area contributed by atoms with Gasteiger partial charge >= 0.3 is 18.9 Å². The normalized spacial score (nSPS) is 7.38. The first-order valence-electron chi connectivity index (χ1n) is 4.00. The second-order valence-corrected chi connectivity index (χ2v) is 2.31. The van der Waals surface area contributed by atoms with Crippen LogP contribution < -0.4 is 0 Å². The van der Waals surface area contributed by atoms with Crippen LogP contribution in [0.15, 0.2) is 72.8 Å². The van der Waals surface area contributed by atoms with Crippen LogP contribution in [0.1, 0.15) is 0 Å². The van der Waals surface area contributed by atoms with Crippen LogP contribution in [0.25, 0.3) is 0 Å². The smallest absolute Gasteiger partial charge is 0.0623 e. The fourth-order valence-corrected chi connectivity index (χ4v) is 0.770. The molecule has 0 aliphatic heterocycles. The minimum Gasteiger partial charge on any atom is -0.0623 e. The molecule has 0 fully saturated rings. The van der Waals surface area contributed by atoms with Crippen molar-refractivity contribution in [3.63, 3.8) is 0 Å². The van der Waals surface area contributed by atoms with Gasteiger partial charge in [0.05, 0.1) is 0 Å². The molecule has 2 rings (SSSR count). The molecular formula is C12H13Li. The molecule has 0 bridgehead atoms. The van der Waals surface area contributed by atoms with Gasteiger partial charge in [0, 0.05) is 0 Å². The summed E-state index contributed by atoms with van der Waals surface area (Å²) in [7, 11) is 0. The number of benzene rings is 2. The molecule has 0 nitrogen and oxygen atoms in total. The molecule has 13 heavy (non-hydrogen) atoms. The van der Waals surface area contributed by atoms with Gasteiger partial charge in [0.15, 0.2) is 0 Å². The summed E-state index contributed by atoms with van der Waals surface area (Å²) in [5, 5.41) is 0. The molecule has 0 amide bonds. The molecule has 0 aromatic heterocycles. The standard InChI is InChI=1S/2C6H6.Li.H/c2*1-2-4-6-5-3-1;;/h2*1-6H;;. The Labute approximate surface area is 91.8 Å². The maximum atomic E-state index is 2.00. The SMILES string of the molecule is [LiH].c1ccccc1.c1ccccc1. The molecule has 0 saturated heterocycles. The Kier molecular flexibility index (Phi) is 8.45. The van der Waals surface area contributed by atoms with Gasteiger partial charge in [0.25, 0.3) is 0 Å². The van der Waals surface area contributed by atoms with Gasteiger partial charge in [0.1, 0.15) is 0 Å². The molecule has 62 valence electrons. The van der Waals surface area contributed by atoms with Crippen LogP contribution in [0, 0.1) is 0 Å². The zero-order valence-electron chi connectivity index (χ0n) is 6.93. The summed E-state index contributed by atoms with van der Waals surface area (Å²) >= 11 is 0. The molecule has 0 atom stereocenters. The summed E-state index contributed by atoms with van der Waals surface area (Å²) in [6.45, 7) is 0. The van der Waals surface area contributed by atoms with Crippen molar-refractivity contribution >= 4 is 18.9 Å². The van der Waals surface area contributed by atoms with Crippen LogP contribution in [-0.4, -0.2) is 18.9 Å². The van der Waals surface area contributed by atoms with Crippen molar-refractivity contribution < 1.29 is 0 Å². The Bertz CT molecular complexity index is 181. The Morgan fingerprint density at radius 1 is 0.231 bits per heavy atom. The third-order valence-corrected chi connectivity index (χ3v) is 1.33. The van der Waals surface area contributed by atoms with Gasteiger partial charge in [0.2, 0.25) is 0 Å². The van der Waals surface area contributed by atoms with Crippen molar-refractivity contribution in [2.75, 3.05) is 0 Å². The largest absolute Gasteiger partial charge is 0.0623 e. The minimum atomic E-state index is 0. The van der Waals surface area contributed by atoms with Crippen molar-refractivity contribution in [2.24, 2.45) is 0 Å². The third-order valence-electron chi connectivity index (χ3n) is 1.33. The van der Waals surface area contributed by atoms with E-state index in [9.17, 15) is 0 Å². The summed E-state index contributed by atoms with van der Waals surface area (Å²) in [5.74, 6) is 0. The summed E-state index contributed by atoms with van der Waals surface area (Å²) in [6, 6.07) is 24.0. The molecule has 0 N–H and O–H groups in total. The zero-order valence-corrected chi connectivity index (χ0v) is 6.93. The third kappa shape index (κ3) is 7.40. The van der Waals surface area contributed by atoms with E-state index >= 15 is 0 Å². The topological polar surface area (TPSA) is 0 Å². The Hall–Kier alpha value is -0.963. The molecule has 0 saturated carbocycles. The van der Waals surface area contributed by atoms with E-state index in [2.05, 4.69) is 0 Å². The van der Waals surface area contributed by atoms with E-state index in [0.29, 0.717) is 0 Å². The molecule has 1 heteroatoms. The number of hydrogen-bond acceptors (Lipinski definition) is 0. The molecular weight excluding hydrogens is 151 g/mol. The number of hydrogen-bond donors (Lipinski definition) is 0. The average molecular weight is 164 g/mol. The van der Waals surface area contributed by atoms with E-state index in [4.69, 9.17) is 0 Å². The van der Waals surface area contributed by atoms with Gasteiger partial charge in [-0.3, -0.25) is 0 Å². The monoisotopic (exact) mass is 164 g/mol. The molecule has 2 aromatic rings. The van der Waals surface area contributed by atoms with Gasteiger partial charge in [-0.2, -0.15) is 0 Å². The Morgan fingerprint density at radius 2 is 0.308 bits per heavy atom. The fraction of sp³-hybridized carbons (Fsp3) is 0. The van der Waals surface area contributed by atoms with Crippen molar-refractivity contribution in [1.82, 2.24) is 0 Å². The van der Waals surface area contributed by atoms with E-state index in [1.54, 1.807) is 0 Å². The van der Waals surface area contributed by atoms with Gasteiger partial charge < -0.3 is 0 Å². The van der Waals surface area contributed by atoms with E-state index < -0.39 is 0 Å². The first-order chi connectivity index (χ1) is 6.00. The van der Waals surface area contributed by atoms with Crippen molar-refractivity contribution in [3.05, 3.63) is 72.8 Å². The van der Waals surface area contributed by atoms with E-state index in [1.165, 1.54) is 0 Å². The van der Waals surface area contributed by atoms with Crippen molar-refractivity contribution in [1.29, 1.82) is 0 Å². The maximum absolute atomic E-state index is 2.00. The van der Waals surface area contributed by atoms with Crippen LogP contribution in [-0.2, 0) is 0 Å². The summed E-state index contributed by atoms with van der Waals surface area (Å²) in [5.41, 5.74) is 0. The second kappa shape index (κ2) is 9.13. The van der Waals surface area contributed by atoms with E-state index in [1.807, 2.05) is 72.8 Å². The fourth-order valence-electron chi connectivity index (χ4n) is 0.770. The van der Waals surface area contributed by atoms with Gasteiger partial charge in [-0.25, -0.2) is 0 Å². The Balaban J connectivity index is 0.000000206. The average Bonchev–Trinajstić information content (AvgIpc) is 2.24. The molecule has 0 aliphatic carbocycles. The minimum absolute atomic E-state index is 0. The molecule has 0 aliphatic rings. The summed E-state index contributed by atoms with van der Waals surface area (Å²) < 4.78 is 0. The van der Waals surface area contributed by atoms with Crippen LogP contribution >= 0.6 is 0 Å². The van der Waals surface area contributed by atoms with Crippen LogP contribution in [0.3, 0.4) is 0 Å². The first kappa shape index (κ1) is 12.0. The van der Waals surface area contributed by atoms with Crippen LogP contribution in [0.2, 0.25) is 0 Å². The van der Waals surface area contributed by atoms with Crippen LogP contribution in [0.4, 0.5) is 0 Å². The zero-order chi connectivity index (χ0) is 8.49. The summed E-state index contributed by atoms with van der Waals surface area (Å²) in [4.78, 5) is 0. The molecule has 0 spiro atoms.